The van der Waals surface area contributed by atoms with Gasteiger partial charge in [-0.25, -0.2) is 0 Å². The van der Waals surface area contributed by atoms with Crippen molar-refractivity contribution in [3.8, 4) is 0 Å². The number of aliphatic hydroxyl groups excluding tert-OH is 1. The molecule has 0 rings (SSSR count). The van der Waals surface area contributed by atoms with Crippen LogP contribution in [0.5, 0.6) is 0 Å². The van der Waals surface area contributed by atoms with Gasteiger partial charge in [0.1, 0.15) is 0 Å². The maximum atomic E-state index is 10.0. The molecule has 98 valence electrons. The third kappa shape index (κ3) is 29.3. The molecule has 0 saturated heterocycles. The van der Waals surface area contributed by atoms with Gasteiger partial charge in [-0.05, 0) is 19.8 Å². The molecule has 6 heteroatoms. The lowest BCUT2D eigenvalue weighted by atomic mass is 10.1. The van der Waals surface area contributed by atoms with Crippen LogP contribution in [0, 0.1) is 0 Å². The van der Waals surface area contributed by atoms with Gasteiger partial charge in [-0.1, -0.05) is 12.8 Å². The Morgan fingerprint density at radius 1 is 0.875 bits per heavy atom. The van der Waals surface area contributed by atoms with E-state index in [9.17, 15) is 9.59 Å². The van der Waals surface area contributed by atoms with Gasteiger partial charge < -0.3 is 21.5 Å². The first-order chi connectivity index (χ1) is 7.04. The van der Waals surface area contributed by atoms with Gasteiger partial charge in [0.05, 0.1) is 0 Å². The molecule has 0 aromatic heterocycles. The highest BCUT2D eigenvalue weighted by atomic mass is 16.4. The summed E-state index contributed by atoms with van der Waals surface area (Å²) in [6, 6.07) is 0. The van der Waals surface area contributed by atoms with E-state index < -0.39 is 11.9 Å². The molecule has 0 aliphatic heterocycles. The molecule has 0 saturated carbocycles. The molecule has 0 bridgehead atoms. The lowest BCUT2D eigenvalue weighted by Gasteiger charge is -1.96. The van der Waals surface area contributed by atoms with Crippen LogP contribution in [0.2, 0.25) is 0 Å². The van der Waals surface area contributed by atoms with Gasteiger partial charge in [-0.3, -0.25) is 9.59 Å². The number of unbranched alkanes of at least 4 members (excludes halogenated alkanes) is 3. The van der Waals surface area contributed by atoms with Crippen molar-refractivity contribution in [1.29, 1.82) is 0 Å². The van der Waals surface area contributed by atoms with Crippen molar-refractivity contribution in [3.05, 3.63) is 0 Å². The van der Waals surface area contributed by atoms with E-state index in [-0.39, 0.29) is 25.6 Å². The predicted molar refractivity (Wildman–Crippen MR) is 60.8 cm³/mol. The van der Waals surface area contributed by atoms with Crippen LogP contribution >= 0.6 is 0 Å². The van der Waals surface area contributed by atoms with Gasteiger partial charge >= 0.3 is 11.9 Å². The molecule has 6 nitrogen and oxygen atoms in total. The maximum absolute atomic E-state index is 10.0. The SMILES string of the molecule is CCO.N.O=C(O)CCCCCCC(=O)O. The first-order valence-corrected chi connectivity index (χ1v) is 5.09. The third-order valence-electron chi connectivity index (χ3n) is 1.53. The molecule has 6 N–H and O–H groups in total. The lowest BCUT2D eigenvalue weighted by molar-refractivity contribution is -0.138. The summed E-state index contributed by atoms with van der Waals surface area (Å²) in [4.78, 5) is 20.1. The van der Waals surface area contributed by atoms with Gasteiger partial charge in [0.2, 0.25) is 0 Å². The topological polar surface area (TPSA) is 130 Å². The second-order valence-corrected chi connectivity index (χ2v) is 3.02. The van der Waals surface area contributed by atoms with Crippen molar-refractivity contribution in [1.82, 2.24) is 6.15 Å². The monoisotopic (exact) mass is 237 g/mol. The summed E-state index contributed by atoms with van der Waals surface area (Å²) in [5.41, 5.74) is 0. The Hall–Kier alpha value is -1.14. The fraction of sp³-hybridized carbons (Fsp3) is 0.800. The normalized spacial score (nSPS) is 8.38. The highest BCUT2D eigenvalue weighted by Crippen LogP contribution is 2.04. The van der Waals surface area contributed by atoms with Gasteiger partial charge in [0.15, 0.2) is 0 Å². The molecule has 0 atom stereocenters. The molecule has 0 aromatic carbocycles. The molecule has 16 heavy (non-hydrogen) atoms. The average Bonchev–Trinajstić information content (AvgIpc) is 2.11. The number of carboxylic acid groups (broad SMARTS) is 2. The Morgan fingerprint density at radius 2 is 1.12 bits per heavy atom. The van der Waals surface area contributed by atoms with Gasteiger partial charge in [-0.15, -0.1) is 0 Å². The minimum absolute atomic E-state index is 0. The standard InChI is InChI=1S/C8H14O4.C2H6O.H3N/c9-7(10)5-3-1-2-4-6-8(11)12;1-2-3;/h1-6H2,(H,9,10)(H,11,12);3H,2H2,1H3;1H3. The largest absolute Gasteiger partial charge is 0.481 e. The zero-order valence-electron chi connectivity index (χ0n) is 9.81. The van der Waals surface area contributed by atoms with Crippen LogP contribution in [0.15, 0.2) is 0 Å². The fourth-order valence-corrected chi connectivity index (χ4v) is 0.906. The summed E-state index contributed by atoms with van der Waals surface area (Å²) in [6.07, 6.45) is 3.28. The minimum Gasteiger partial charge on any atom is -0.481 e. The summed E-state index contributed by atoms with van der Waals surface area (Å²) in [5, 5.41) is 24.1. The van der Waals surface area contributed by atoms with E-state index in [1.165, 1.54) is 0 Å². The van der Waals surface area contributed by atoms with Crippen LogP contribution in [0.3, 0.4) is 0 Å². The third-order valence-corrected chi connectivity index (χ3v) is 1.53. The van der Waals surface area contributed by atoms with Crippen LogP contribution in [0.1, 0.15) is 45.4 Å². The predicted octanol–water partition coefficient (Wildman–Crippen LogP) is 1.66. The molecule has 0 heterocycles. The van der Waals surface area contributed by atoms with Crippen molar-refractivity contribution >= 4 is 11.9 Å². The highest BCUT2D eigenvalue weighted by molar-refractivity contribution is 5.66. The van der Waals surface area contributed by atoms with Crippen LogP contribution in [-0.4, -0.2) is 33.9 Å². The smallest absolute Gasteiger partial charge is 0.303 e. The van der Waals surface area contributed by atoms with E-state index in [0.717, 1.165) is 12.8 Å². The van der Waals surface area contributed by atoms with Gasteiger partial charge in [0, 0.05) is 19.4 Å². The lowest BCUT2D eigenvalue weighted by Crippen LogP contribution is -1.95. The van der Waals surface area contributed by atoms with Crippen molar-refractivity contribution in [3.63, 3.8) is 0 Å². The van der Waals surface area contributed by atoms with E-state index in [0.29, 0.717) is 12.8 Å². The van der Waals surface area contributed by atoms with E-state index in [2.05, 4.69) is 0 Å². The first kappa shape index (κ1) is 20.3. The fourth-order valence-electron chi connectivity index (χ4n) is 0.906. The number of hydrogen-bond donors (Lipinski definition) is 4. The van der Waals surface area contributed by atoms with E-state index >= 15 is 0 Å². The number of carbonyl (C=O) groups is 2. The van der Waals surface area contributed by atoms with Crippen LogP contribution in [-0.2, 0) is 9.59 Å². The van der Waals surface area contributed by atoms with Crippen molar-refractivity contribution < 1.29 is 24.9 Å². The number of hydrogen-bond acceptors (Lipinski definition) is 4. The summed E-state index contributed by atoms with van der Waals surface area (Å²) in [5.74, 6) is -1.57. The minimum atomic E-state index is -0.784. The molecule has 0 aliphatic carbocycles. The highest BCUT2D eigenvalue weighted by Gasteiger charge is 1.98. The summed E-state index contributed by atoms with van der Waals surface area (Å²) in [6.45, 7) is 1.93. The molecule has 0 unspecified atom stereocenters. The summed E-state index contributed by atoms with van der Waals surface area (Å²) in [7, 11) is 0. The van der Waals surface area contributed by atoms with E-state index in [1.54, 1.807) is 6.92 Å². The average molecular weight is 237 g/mol. The van der Waals surface area contributed by atoms with E-state index in [4.69, 9.17) is 15.3 Å². The molecular formula is C10H23NO5. The Morgan fingerprint density at radius 3 is 1.31 bits per heavy atom. The van der Waals surface area contributed by atoms with Crippen LogP contribution < -0.4 is 6.15 Å². The summed E-state index contributed by atoms with van der Waals surface area (Å²) < 4.78 is 0. The number of carboxylic acids is 2. The van der Waals surface area contributed by atoms with Crippen LogP contribution in [0.4, 0.5) is 0 Å². The Labute approximate surface area is 95.9 Å². The van der Waals surface area contributed by atoms with Gasteiger partial charge in [0.25, 0.3) is 0 Å². The molecular weight excluding hydrogens is 214 g/mol. The molecule has 0 spiro atoms. The van der Waals surface area contributed by atoms with Gasteiger partial charge in [-0.2, -0.15) is 0 Å². The van der Waals surface area contributed by atoms with Crippen molar-refractivity contribution in [2.24, 2.45) is 0 Å². The second-order valence-electron chi connectivity index (χ2n) is 3.02. The van der Waals surface area contributed by atoms with Crippen molar-refractivity contribution in [2.75, 3.05) is 6.61 Å². The molecule has 0 aromatic rings. The Kier molecular flexibility index (Phi) is 20.7. The number of aliphatic hydroxyl groups is 1. The zero-order valence-corrected chi connectivity index (χ0v) is 9.81. The number of aliphatic carboxylic acids is 2. The molecule has 0 radical (unpaired) electrons. The molecule has 0 aliphatic rings. The quantitative estimate of drug-likeness (QED) is 0.498. The first-order valence-electron chi connectivity index (χ1n) is 5.09. The molecule has 0 amide bonds. The van der Waals surface area contributed by atoms with Crippen LogP contribution in [0.25, 0.3) is 0 Å². The second kappa shape index (κ2) is 16.3. The molecule has 0 fully saturated rings. The summed E-state index contributed by atoms with van der Waals surface area (Å²) >= 11 is 0. The zero-order chi connectivity index (χ0) is 12.1. The van der Waals surface area contributed by atoms with E-state index in [1.807, 2.05) is 0 Å². The maximum Gasteiger partial charge on any atom is 0.303 e. The Bertz CT molecular complexity index is 155. The Balaban J connectivity index is -0.000000377. The van der Waals surface area contributed by atoms with Crippen molar-refractivity contribution in [2.45, 2.75) is 45.4 Å². The number of rotatable bonds is 7.